The molecular weight excluding hydrogens is 330 g/mol. The molecule has 2 aromatic rings. The van der Waals surface area contributed by atoms with Gasteiger partial charge in [0.2, 0.25) is 0 Å². The van der Waals surface area contributed by atoms with E-state index >= 15 is 0 Å². The Bertz CT molecular complexity index is 636. The predicted molar refractivity (Wildman–Crippen MR) is 87.8 cm³/mol. The third-order valence-electron chi connectivity index (χ3n) is 3.54. The first kappa shape index (κ1) is 14.1. The predicted octanol–water partition coefficient (Wildman–Crippen LogP) is 3.70. The zero-order chi connectivity index (χ0) is 14.7. The molecule has 0 radical (unpaired) electrons. The van der Waals surface area contributed by atoms with Crippen molar-refractivity contribution < 1.29 is 4.79 Å². The van der Waals surface area contributed by atoms with Gasteiger partial charge in [-0.15, -0.1) is 0 Å². The maximum Gasteiger partial charge on any atom is 0.274 e. The van der Waals surface area contributed by atoms with Gasteiger partial charge < -0.3 is 10.2 Å². The van der Waals surface area contributed by atoms with Gasteiger partial charge in [-0.05, 0) is 59.1 Å². The maximum absolute atomic E-state index is 12.2. The first-order chi connectivity index (χ1) is 10.2. The third-order valence-corrected chi connectivity index (χ3v) is 4.00. The number of halogens is 1. The van der Waals surface area contributed by atoms with Crippen LogP contribution in [0.15, 0.2) is 47.1 Å². The summed E-state index contributed by atoms with van der Waals surface area (Å²) in [6.45, 7) is 2.18. The van der Waals surface area contributed by atoms with Crippen LogP contribution in [0.5, 0.6) is 0 Å². The van der Waals surface area contributed by atoms with Crippen LogP contribution in [0, 0.1) is 0 Å². The van der Waals surface area contributed by atoms with Crippen LogP contribution in [0.1, 0.15) is 23.3 Å². The Morgan fingerprint density at radius 2 is 2.00 bits per heavy atom. The van der Waals surface area contributed by atoms with Gasteiger partial charge in [0.1, 0.15) is 5.69 Å². The molecule has 1 aliphatic heterocycles. The molecular formula is C16H16BrN3O. The Kier molecular flexibility index (Phi) is 4.20. The minimum atomic E-state index is -0.193. The SMILES string of the molecule is O=C(Nc1cccc(N2CCCC2)c1)c1ccc(Br)cn1. The smallest absolute Gasteiger partial charge is 0.274 e. The monoisotopic (exact) mass is 345 g/mol. The second kappa shape index (κ2) is 6.26. The highest BCUT2D eigenvalue weighted by Crippen LogP contribution is 2.23. The fourth-order valence-corrected chi connectivity index (χ4v) is 2.70. The van der Waals surface area contributed by atoms with Crippen molar-refractivity contribution in [3.63, 3.8) is 0 Å². The van der Waals surface area contributed by atoms with Gasteiger partial charge in [-0.3, -0.25) is 4.79 Å². The first-order valence-electron chi connectivity index (χ1n) is 7.00. The van der Waals surface area contributed by atoms with Crippen molar-refractivity contribution in [1.82, 2.24) is 4.98 Å². The number of nitrogens with zero attached hydrogens (tertiary/aromatic N) is 2. The average Bonchev–Trinajstić information content (AvgIpc) is 3.02. The molecule has 0 spiro atoms. The number of carbonyl (C=O) groups is 1. The van der Waals surface area contributed by atoms with E-state index in [0.29, 0.717) is 5.69 Å². The molecule has 21 heavy (non-hydrogen) atoms. The number of anilines is 2. The summed E-state index contributed by atoms with van der Waals surface area (Å²) in [6, 6.07) is 11.5. The number of nitrogens with one attached hydrogen (secondary N) is 1. The first-order valence-corrected chi connectivity index (χ1v) is 7.79. The number of rotatable bonds is 3. The molecule has 5 heteroatoms. The lowest BCUT2D eigenvalue weighted by molar-refractivity contribution is 0.102. The molecule has 0 bridgehead atoms. The molecule has 0 atom stereocenters. The van der Waals surface area contributed by atoms with Crippen molar-refractivity contribution in [2.45, 2.75) is 12.8 Å². The van der Waals surface area contributed by atoms with Gasteiger partial charge in [0.05, 0.1) is 0 Å². The summed E-state index contributed by atoms with van der Waals surface area (Å²) in [7, 11) is 0. The molecule has 1 amide bonds. The lowest BCUT2D eigenvalue weighted by Gasteiger charge is -2.18. The zero-order valence-electron chi connectivity index (χ0n) is 11.6. The highest BCUT2D eigenvalue weighted by molar-refractivity contribution is 9.10. The molecule has 2 heterocycles. The quantitative estimate of drug-likeness (QED) is 0.922. The second-order valence-electron chi connectivity index (χ2n) is 5.06. The summed E-state index contributed by atoms with van der Waals surface area (Å²) in [5.74, 6) is -0.193. The van der Waals surface area contributed by atoms with Gasteiger partial charge >= 0.3 is 0 Å². The number of benzene rings is 1. The number of hydrogen-bond acceptors (Lipinski definition) is 3. The number of hydrogen-bond donors (Lipinski definition) is 1. The molecule has 0 unspecified atom stereocenters. The number of amides is 1. The van der Waals surface area contributed by atoms with Crippen molar-refractivity contribution in [3.05, 3.63) is 52.8 Å². The van der Waals surface area contributed by atoms with E-state index in [1.807, 2.05) is 24.3 Å². The lowest BCUT2D eigenvalue weighted by Crippen LogP contribution is -2.18. The molecule has 4 nitrogen and oxygen atoms in total. The fourth-order valence-electron chi connectivity index (χ4n) is 2.46. The summed E-state index contributed by atoms with van der Waals surface area (Å²) in [4.78, 5) is 18.6. The van der Waals surface area contributed by atoms with Gasteiger partial charge in [0, 0.05) is 35.1 Å². The second-order valence-corrected chi connectivity index (χ2v) is 5.98. The van der Waals surface area contributed by atoms with Gasteiger partial charge in [-0.2, -0.15) is 0 Å². The molecule has 1 fully saturated rings. The summed E-state index contributed by atoms with van der Waals surface area (Å²) >= 11 is 3.31. The van der Waals surface area contributed by atoms with Crippen LogP contribution in [0.3, 0.4) is 0 Å². The standard InChI is InChI=1S/C16H16BrN3O/c17-12-6-7-15(18-11-12)16(21)19-13-4-3-5-14(10-13)20-8-1-2-9-20/h3-7,10-11H,1-2,8-9H2,(H,19,21). The van der Waals surface area contributed by atoms with Gasteiger partial charge in [-0.25, -0.2) is 4.98 Å². The van der Waals surface area contributed by atoms with Gasteiger partial charge in [-0.1, -0.05) is 6.07 Å². The van der Waals surface area contributed by atoms with Crippen LogP contribution < -0.4 is 10.2 Å². The summed E-state index contributed by atoms with van der Waals surface area (Å²) in [6.07, 6.45) is 4.09. The molecule has 3 rings (SSSR count). The Hall–Kier alpha value is -1.88. The molecule has 1 aromatic carbocycles. The van der Waals surface area contributed by atoms with Crippen LogP contribution in [-0.2, 0) is 0 Å². The molecule has 108 valence electrons. The van der Waals surface area contributed by atoms with Crippen molar-refractivity contribution in [2.24, 2.45) is 0 Å². The highest BCUT2D eigenvalue weighted by Gasteiger charge is 2.13. The number of aromatic nitrogens is 1. The van der Waals surface area contributed by atoms with E-state index in [4.69, 9.17) is 0 Å². The Morgan fingerprint density at radius 1 is 1.19 bits per heavy atom. The minimum absolute atomic E-state index is 0.193. The summed E-state index contributed by atoms with van der Waals surface area (Å²) in [5.41, 5.74) is 2.37. The Labute approximate surface area is 132 Å². The van der Waals surface area contributed by atoms with Crippen LogP contribution in [0.25, 0.3) is 0 Å². The Balaban J connectivity index is 1.73. The summed E-state index contributed by atoms with van der Waals surface area (Å²) < 4.78 is 0.857. The van der Waals surface area contributed by atoms with Crippen molar-refractivity contribution >= 4 is 33.2 Å². The van der Waals surface area contributed by atoms with Crippen LogP contribution in [-0.4, -0.2) is 24.0 Å². The third kappa shape index (κ3) is 3.42. The van der Waals surface area contributed by atoms with E-state index in [1.54, 1.807) is 12.3 Å². The van der Waals surface area contributed by atoms with Crippen molar-refractivity contribution in [1.29, 1.82) is 0 Å². The van der Waals surface area contributed by atoms with E-state index in [0.717, 1.165) is 28.9 Å². The highest BCUT2D eigenvalue weighted by atomic mass is 79.9. The van der Waals surface area contributed by atoms with Gasteiger partial charge in [0.25, 0.3) is 5.91 Å². The number of pyridine rings is 1. The van der Waals surface area contributed by atoms with Gasteiger partial charge in [0.15, 0.2) is 0 Å². The molecule has 0 aliphatic carbocycles. The van der Waals surface area contributed by atoms with E-state index in [2.05, 4.69) is 37.2 Å². The molecule has 1 saturated heterocycles. The normalized spacial score (nSPS) is 14.2. The number of carbonyl (C=O) groups excluding carboxylic acids is 1. The van der Waals surface area contributed by atoms with Crippen LogP contribution in [0.4, 0.5) is 11.4 Å². The lowest BCUT2D eigenvalue weighted by atomic mass is 10.2. The minimum Gasteiger partial charge on any atom is -0.371 e. The van der Waals surface area contributed by atoms with Crippen LogP contribution >= 0.6 is 15.9 Å². The van der Waals surface area contributed by atoms with E-state index < -0.39 is 0 Å². The average molecular weight is 346 g/mol. The van der Waals surface area contributed by atoms with Crippen LogP contribution in [0.2, 0.25) is 0 Å². The van der Waals surface area contributed by atoms with Crippen molar-refractivity contribution in [3.8, 4) is 0 Å². The van der Waals surface area contributed by atoms with E-state index in [1.165, 1.54) is 12.8 Å². The molecule has 0 saturated carbocycles. The molecule has 1 N–H and O–H groups in total. The molecule has 1 aliphatic rings. The van der Waals surface area contributed by atoms with E-state index in [-0.39, 0.29) is 5.91 Å². The Morgan fingerprint density at radius 3 is 2.71 bits per heavy atom. The summed E-state index contributed by atoms with van der Waals surface area (Å²) in [5, 5.41) is 2.90. The largest absolute Gasteiger partial charge is 0.371 e. The molecule has 1 aromatic heterocycles. The fraction of sp³-hybridized carbons (Fsp3) is 0.250. The van der Waals surface area contributed by atoms with Crippen molar-refractivity contribution in [2.75, 3.05) is 23.3 Å². The topological polar surface area (TPSA) is 45.2 Å². The zero-order valence-corrected chi connectivity index (χ0v) is 13.1. The van der Waals surface area contributed by atoms with E-state index in [9.17, 15) is 4.79 Å². The maximum atomic E-state index is 12.2.